The van der Waals surface area contributed by atoms with Crippen LogP contribution < -0.4 is 0 Å². The summed E-state index contributed by atoms with van der Waals surface area (Å²) in [5, 5.41) is 10.9. The van der Waals surface area contributed by atoms with Crippen LogP contribution >= 0.6 is 11.8 Å². The number of esters is 1. The number of nitro groups is 1. The normalized spacial score (nSPS) is 18.5. The van der Waals surface area contributed by atoms with Crippen molar-refractivity contribution in [2.45, 2.75) is 38.3 Å². The minimum atomic E-state index is -1.16. The first-order chi connectivity index (χ1) is 15.4. The number of ether oxygens (including phenoxy) is 1. The van der Waals surface area contributed by atoms with Crippen LogP contribution in [0, 0.1) is 10.1 Å². The van der Waals surface area contributed by atoms with E-state index in [1.807, 2.05) is 44.2 Å². The Hall–Kier alpha value is -3.53. The number of carbonyl (C=O) groups is 3. The molecular formula is C22H21N3O6S. The fraction of sp³-hybridized carbons (Fsp3) is 0.273. The number of thioether (sulfide) groups is 1. The van der Waals surface area contributed by atoms with E-state index in [0.29, 0.717) is 12.0 Å². The number of nitrogens with zero attached hydrogens (tertiary/aromatic N) is 3. The molecule has 0 spiro atoms. The van der Waals surface area contributed by atoms with Gasteiger partial charge in [-0.15, -0.1) is 0 Å². The number of nitro benzene ring substituents is 1. The number of non-ortho nitro benzene ring substituents is 1. The molecule has 0 bridgehead atoms. The highest BCUT2D eigenvalue weighted by molar-refractivity contribution is 8.14. The van der Waals surface area contributed by atoms with Gasteiger partial charge in [0.25, 0.3) is 11.6 Å². The molecule has 166 valence electrons. The molecular weight excluding hydrogens is 434 g/mol. The number of amides is 2. The fourth-order valence-electron chi connectivity index (χ4n) is 3.11. The van der Waals surface area contributed by atoms with Gasteiger partial charge in [-0.1, -0.05) is 55.9 Å². The Morgan fingerprint density at radius 2 is 1.75 bits per heavy atom. The molecule has 9 nitrogen and oxygen atoms in total. The number of hydrogen-bond donors (Lipinski definition) is 0. The molecule has 2 heterocycles. The number of carbonyl (C=O) groups excluding carboxylic acids is 3. The number of rotatable bonds is 5. The second kappa shape index (κ2) is 10.2. The molecule has 2 aliphatic rings. The Morgan fingerprint density at radius 3 is 2.38 bits per heavy atom. The molecule has 2 aromatic carbocycles. The van der Waals surface area contributed by atoms with Gasteiger partial charge in [-0.3, -0.25) is 29.6 Å². The zero-order valence-electron chi connectivity index (χ0n) is 17.5. The smallest absolute Gasteiger partial charge is 0.397 e. The van der Waals surface area contributed by atoms with E-state index in [9.17, 15) is 24.5 Å². The van der Waals surface area contributed by atoms with Gasteiger partial charge in [0.1, 0.15) is 12.0 Å². The zero-order valence-corrected chi connectivity index (χ0v) is 18.3. The molecule has 0 saturated carbocycles. The van der Waals surface area contributed by atoms with Gasteiger partial charge in [0.05, 0.1) is 9.97 Å². The number of imide groups is 1. The summed E-state index contributed by atoms with van der Waals surface area (Å²) in [6.45, 7) is 3.77. The molecule has 0 aliphatic carbocycles. The second-order valence-electron chi connectivity index (χ2n) is 6.65. The van der Waals surface area contributed by atoms with Gasteiger partial charge < -0.3 is 4.74 Å². The SMILES string of the molecule is CC.O=C(OCc1ccc([N+](=O)[O-])cc1)C(=O)N1C(=O)C2N=C(Cc3ccccc3)SC21. The molecule has 32 heavy (non-hydrogen) atoms. The predicted molar refractivity (Wildman–Crippen MR) is 119 cm³/mol. The van der Waals surface area contributed by atoms with Gasteiger partial charge in [-0.25, -0.2) is 4.79 Å². The van der Waals surface area contributed by atoms with Gasteiger partial charge in [-0.05, 0) is 23.3 Å². The number of aliphatic imine (C=N–C) groups is 1. The molecule has 2 aliphatic heterocycles. The minimum absolute atomic E-state index is 0.0945. The third-order valence-corrected chi connectivity index (χ3v) is 5.90. The van der Waals surface area contributed by atoms with Crippen LogP contribution in [0.3, 0.4) is 0 Å². The Morgan fingerprint density at radius 1 is 1.09 bits per heavy atom. The van der Waals surface area contributed by atoms with Crippen LogP contribution in [-0.2, 0) is 32.1 Å². The highest BCUT2D eigenvalue weighted by Gasteiger charge is 2.56. The molecule has 2 aromatic rings. The average molecular weight is 455 g/mol. The van der Waals surface area contributed by atoms with Crippen LogP contribution in [0.4, 0.5) is 5.69 Å². The maximum absolute atomic E-state index is 12.4. The summed E-state index contributed by atoms with van der Waals surface area (Å²) in [6, 6.07) is 14.4. The first kappa shape index (κ1) is 23.1. The van der Waals surface area contributed by atoms with Gasteiger partial charge >= 0.3 is 11.9 Å². The predicted octanol–water partition coefficient (Wildman–Crippen LogP) is 3.12. The summed E-state index contributed by atoms with van der Waals surface area (Å²) in [6.07, 6.45) is 0.554. The lowest BCUT2D eigenvalue weighted by molar-refractivity contribution is -0.384. The Labute approximate surface area is 188 Å². The van der Waals surface area contributed by atoms with Crippen molar-refractivity contribution in [3.63, 3.8) is 0 Å². The number of hydrogen-bond acceptors (Lipinski definition) is 8. The number of benzene rings is 2. The molecule has 0 N–H and O–H groups in total. The van der Waals surface area contributed by atoms with E-state index in [1.54, 1.807) is 0 Å². The Kier molecular flexibility index (Phi) is 7.37. The zero-order chi connectivity index (χ0) is 23.3. The van der Waals surface area contributed by atoms with Crippen molar-refractivity contribution >= 4 is 40.3 Å². The van der Waals surface area contributed by atoms with Crippen molar-refractivity contribution < 1.29 is 24.0 Å². The van der Waals surface area contributed by atoms with Crippen molar-refractivity contribution in [1.29, 1.82) is 0 Å². The molecule has 2 atom stereocenters. The van der Waals surface area contributed by atoms with Crippen molar-refractivity contribution in [3.8, 4) is 0 Å². The summed E-state index contributed by atoms with van der Waals surface area (Å²) in [7, 11) is 0. The maximum atomic E-state index is 12.4. The quantitative estimate of drug-likeness (QED) is 0.223. The van der Waals surface area contributed by atoms with E-state index >= 15 is 0 Å². The maximum Gasteiger partial charge on any atom is 0.397 e. The lowest BCUT2D eigenvalue weighted by atomic mass is 10.1. The van der Waals surface area contributed by atoms with E-state index in [4.69, 9.17) is 4.74 Å². The summed E-state index contributed by atoms with van der Waals surface area (Å²) in [4.78, 5) is 52.1. The Balaban J connectivity index is 0.00000141. The van der Waals surface area contributed by atoms with Gasteiger partial charge in [-0.2, -0.15) is 0 Å². The van der Waals surface area contributed by atoms with Gasteiger partial charge in [0.15, 0.2) is 6.04 Å². The average Bonchev–Trinajstić information content (AvgIpc) is 3.18. The van der Waals surface area contributed by atoms with Crippen molar-refractivity contribution in [2.24, 2.45) is 4.99 Å². The van der Waals surface area contributed by atoms with E-state index < -0.39 is 34.1 Å². The standard InChI is InChI=1S/C20H15N3O6S.C2H6/c24-17-16-19(30-15(21-16)10-12-4-2-1-3-5-12)22(17)18(25)20(26)29-11-13-6-8-14(9-7-13)23(27)28;1-2/h1-9,16,19H,10-11H2;1-2H3. The van der Waals surface area contributed by atoms with E-state index in [-0.39, 0.29) is 12.3 Å². The first-order valence-corrected chi connectivity index (χ1v) is 10.9. The fourth-order valence-corrected chi connectivity index (χ4v) is 4.42. The monoisotopic (exact) mass is 455 g/mol. The van der Waals surface area contributed by atoms with E-state index in [1.165, 1.54) is 36.0 Å². The molecule has 2 unspecified atom stereocenters. The first-order valence-electron chi connectivity index (χ1n) is 9.99. The summed E-state index contributed by atoms with van der Waals surface area (Å²) in [5.41, 5.74) is 1.43. The highest BCUT2D eigenvalue weighted by atomic mass is 32.2. The van der Waals surface area contributed by atoms with Crippen molar-refractivity contribution in [1.82, 2.24) is 4.90 Å². The Bertz CT molecular complexity index is 1060. The molecule has 10 heteroatoms. The summed E-state index contributed by atoms with van der Waals surface area (Å²) in [5.74, 6) is -2.71. The molecule has 0 radical (unpaired) electrons. The summed E-state index contributed by atoms with van der Waals surface area (Å²) < 4.78 is 4.97. The van der Waals surface area contributed by atoms with Gasteiger partial charge in [0.2, 0.25) is 0 Å². The highest BCUT2D eigenvalue weighted by Crippen LogP contribution is 2.40. The minimum Gasteiger partial charge on any atom is -0.454 e. The van der Waals surface area contributed by atoms with E-state index in [2.05, 4.69) is 4.99 Å². The molecule has 2 amide bonds. The van der Waals surface area contributed by atoms with Crippen LogP contribution in [0.25, 0.3) is 0 Å². The van der Waals surface area contributed by atoms with Crippen LogP contribution in [0.5, 0.6) is 0 Å². The second-order valence-corrected chi connectivity index (χ2v) is 7.84. The lowest BCUT2D eigenvalue weighted by Gasteiger charge is -2.38. The third-order valence-electron chi connectivity index (χ3n) is 4.66. The largest absolute Gasteiger partial charge is 0.454 e. The van der Waals surface area contributed by atoms with Crippen LogP contribution in [0.1, 0.15) is 25.0 Å². The lowest BCUT2D eigenvalue weighted by Crippen LogP contribution is -2.64. The molecule has 4 rings (SSSR count). The van der Waals surface area contributed by atoms with Crippen LogP contribution in [0.2, 0.25) is 0 Å². The van der Waals surface area contributed by atoms with Crippen molar-refractivity contribution in [3.05, 3.63) is 75.8 Å². The van der Waals surface area contributed by atoms with Crippen LogP contribution in [0.15, 0.2) is 59.6 Å². The summed E-state index contributed by atoms with van der Waals surface area (Å²) >= 11 is 1.29. The van der Waals surface area contributed by atoms with Crippen LogP contribution in [-0.4, -0.2) is 44.1 Å². The third kappa shape index (κ3) is 4.86. The topological polar surface area (TPSA) is 119 Å². The van der Waals surface area contributed by atoms with Gasteiger partial charge in [0, 0.05) is 18.6 Å². The number of likely N-dealkylation sites (tertiary alicyclic amines) is 1. The van der Waals surface area contributed by atoms with Crippen molar-refractivity contribution in [2.75, 3.05) is 0 Å². The number of β-lactam (4-membered cyclic amide) rings is 1. The van der Waals surface area contributed by atoms with E-state index in [0.717, 1.165) is 15.5 Å². The molecule has 0 aromatic heterocycles. The number of fused-ring (bicyclic) bond motifs is 1. The molecule has 1 saturated heterocycles. The molecule has 1 fully saturated rings.